The van der Waals surface area contributed by atoms with Crippen LogP contribution in [0.1, 0.15) is 17.2 Å². The molecule has 0 spiro atoms. The molecule has 0 radical (unpaired) electrons. The molecule has 138 valence electrons. The van der Waals surface area contributed by atoms with E-state index in [1.165, 1.54) is 11.5 Å². The molecule has 10 heteroatoms. The van der Waals surface area contributed by atoms with E-state index in [0.29, 0.717) is 12.2 Å². The third-order valence-electron chi connectivity index (χ3n) is 4.17. The zero-order valence-electron chi connectivity index (χ0n) is 14.9. The molecule has 0 aliphatic rings. The molecule has 0 aromatic carbocycles. The maximum atomic E-state index is 4.62. The van der Waals surface area contributed by atoms with Gasteiger partial charge < -0.3 is 5.32 Å². The summed E-state index contributed by atoms with van der Waals surface area (Å²) >= 11 is 1.37. The minimum absolute atomic E-state index is 0.587. The van der Waals surface area contributed by atoms with E-state index >= 15 is 0 Å². The highest BCUT2D eigenvalue weighted by Crippen LogP contribution is 2.27. The van der Waals surface area contributed by atoms with Crippen molar-refractivity contribution < 1.29 is 0 Å². The predicted molar refractivity (Wildman–Crippen MR) is 106 cm³/mol. The van der Waals surface area contributed by atoms with Crippen LogP contribution in [0.2, 0.25) is 0 Å². The van der Waals surface area contributed by atoms with Crippen molar-refractivity contribution in [2.45, 2.75) is 13.3 Å². The van der Waals surface area contributed by atoms with E-state index in [1.807, 2.05) is 36.0 Å². The topological polar surface area (TPSA) is 110 Å². The average Bonchev–Trinajstić information content (AvgIpc) is 3.43. The highest BCUT2D eigenvalue weighted by Gasteiger charge is 2.14. The van der Waals surface area contributed by atoms with Gasteiger partial charge in [-0.3, -0.25) is 9.50 Å². The second-order valence-corrected chi connectivity index (χ2v) is 7.01. The molecule has 0 amide bonds. The Balaban J connectivity index is 1.46. The molecule has 5 aromatic rings. The fourth-order valence-corrected chi connectivity index (χ4v) is 3.62. The molecule has 0 unspecified atom stereocenters. The zero-order valence-corrected chi connectivity index (χ0v) is 15.7. The van der Waals surface area contributed by atoms with Gasteiger partial charge in [0.1, 0.15) is 10.8 Å². The highest BCUT2D eigenvalue weighted by molar-refractivity contribution is 7.10. The quantitative estimate of drug-likeness (QED) is 0.475. The van der Waals surface area contributed by atoms with Crippen LogP contribution in [0, 0.1) is 6.92 Å². The Hall–Kier alpha value is -3.66. The maximum absolute atomic E-state index is 4.62. The third-order valence-corrected chi connectivity index (χ3v) is 4.91. The number of H-pyrrole nitrogens is 1. The number of anilines is 2. The van der Waals surface area contributed by atoms with Crippen molar-refractivity contribution in [3.63, 3.8) is 0 Å². The highest BCUT2D eigenvalue weighted by atomic mass is 32.1. The number of aromatic nitrogens is 8. The van der Waals surface area contributed by atoms with Gasteiger partial charge >= 0.3 is 0 Å². The normalized spacial score (nSPS) is 11.2. The molecule has 5 aromatic heterocycles. The number of imidazole rings is 1. The monoisotopic (exact) mass is 389 g/mol. The predicted octanol–water partition coefficient (Wildman–Crippen LogP) is 3.01. The largest absolute Gasteiger partial charge is 0.328 e. The van der Waals surface area contributed by atoms with E-state index < -0.39 is 0 Å². The Bertz CT molecular complexity index is 1220. The maximum Gasteiger partial charge on any atom is 0.180 e. The van der Waals surface area contributed by atoms with E-state index in [0.717, 1.165) is 39.1 Å². The lowest BCUT2D eigenvalue weighted by Gasteiger charge is -2.07. The standard InChI is InChI=1S/C18H15N9S/c1-11-10-27-14(12-7-22-23-8-12)9-21-18(27)17(24-11)25-16-6-13(26-28-16)5-15-19-3-2-4-20-15/h2-4,6-10H,5H2,1H3,(H,22,23)(H,24,25). The molecule has 0 atom stereocenters. The fraction of sp³-hybridized carbons (Fsp3) is 0.111. The first-order valence-electron chi connectivity index (χ1n) is 8.58. The van der Waals surface area contributed by atoms with Crippen molar-refractivity contribution in [3.8, 4) is 11.3 Å². The number of nitrogens with one attached hydrogen (secondary N) is 2. The molecule has 0 aliphatic heterocycles. The number of hydrogen-bond donors (Lipinski definition) is 2. The number of rotatable bonds is 5. The minimum atomic E-state index is 0.587. The van der Waals surface area contributed by atoms with E-state index in [2.05, 4.69) is 39.8 Å². The second kappa shape index (κ2) is 6.82. The van der Waals surface area contributed by atoms with E-state index in [4.69, 9.17) is 0 Å². The average molecular weight is 389 g/mol. The lowest BCUT2D eigenvalue weighted by Crippen LogP contribution is -2.00. The van der Waals surface area contributed by atoms with Gasteiger partial charge in [0.05, 0.1) is 35.9 Å². The van der Waals surface area contributed by atoms with Crippen LogP contribution in [0.5, 0.6) is 0 Å². The van der Waals surface area contributed by atoms with Crippen LogP contribution in [-0.2, 0) is 6.42 Å². The third kappa shape index (κ3) is 3.09. The number of aromatic amines is 1. The van der Waals surface area contributed by atoms with Gasteiger partial charge in [0.25, 0.3) is 0 Å². The number of fused-ring (bicyclic) bond motifs is 1. The van der Waals surface area contributed by atoms with Crippen molar-refractivity contribution >= 4 is 28.0 Å². The molecule has 0 bridgehead atoms. The van der Waals surface area contributed by atoms with Crippen LogP contribution < -0.4 is 5.32 Å². The molecule has 0 aliphatic carbocycles. The first-order chi connectivity index (χ1) is 13.8. The van der Waals surface area contributed by atoms with Crippen molar-refractivity contribution in [1.29, 1.82) is 0 Å². The zero-order chi connectivity index (χ0) is 18.9. The molecule has 2 N–H and O–H groups in total. The summed E-state index contributed by atoms with van der Waals surface area (Å²) in [6.45, 7) is 1.95. The second-order valence-electron chi connectivity index (χ2n) is 6.20. The van der Waals surface area contributed by atoms with Crippen molar-refractivity contribution in [2.75, 3.05) is 5.32 Å². The summed E-state index contributed by atoms with van der Waals surface area (Å²) in [5.74, 6) is 1.43. The van der Waals surface area contributed by atoms with Crippen LogP contribution in [0.4, 0.5) is 10.8 Å². The molecule has 0 fully saturated rings. The minimum Gasteiger partial charge on any atom is -0.328 e. The summed E-state index contributed by atoms with van der Waals surface area (Å²) in [4.78, 5) is 17.7. The summed E-state index contributed by atoms with van der Waals surface area (Å²) in [7, 11) is 0. The van der Waals surface area contributed by atoms with Crippen LogP contribution in [0.3, 0.4) is 0 Å². The van der Waals surface area contributed by atoms with E-state index in [1.54, 1.807) is 24.7 Å². The first-order valence-corrected chi connectivity index (χ1v) is 9.36. The summed E-state index contributed by atoms with van der Waals surface area (Å²) in [5.41, 5.74) is 4.43. The van der Waals surface area contributed by atoms with E-state index in [9.17, 15) is 0 Å². The number of hydrogen-bond acceptors (Lipinski definition) is 8. The summed E-state index contributed by atoms with van der Waals surface area (Å²) in [5, 5.41) is 11.1. The van der Waals surface area contributed by atoms with Crippen molar-refractivity contribution in [1.82, 2.24) is 38.9 Å². The lowest BCUT2D eigenvalue weighted by atomic mass is 10.3. The summed E-state index contributed by atoms with van der Waals surface area (Å²) in [6, 6.07) is 3.79. The van der Waals surface area contributed by atoms with Gasteiger partial charge in [-0.1, -0.05) is 0 Å². The van der Waals surface area contributed by atoms with Gasteiger partial charge in [0, 0.05) is 30.4 Å². The molecule has 9 nitrogen and oxygen atoms in total. The molecule has 5 heterocycles. The van der Waals surface area contributed by atoms with E-state index in [-0.39, 0.29) is 0 Å². The van der Waals surface area contributed by atoms with Crippen LogP contribution >= 0.6 is 11.5 Å². The number of nitrogens with zero attached hydrogens (tertiary/aromatic N) is 7. The molecular weight excluding hydrogens is 374 g/mol. The van der Waals surface area contributed by atoms with Gasteiger partial charge in [-0.05, 0) is 30.6 Å². The smallest absolute Gasteiger partial charge is 0.180 e. The Morgan fingerprint density at radius 1 is 1.18 bits per heavy atom. The van der Waals surface area contributed by atoms with Gasteiger partial charge in [-0.15, -0.1) is 0 Å². The van der Waals surface area contributed by atoms with Gasteiger partial charge in [-0.25, -0.2) is 19.9 Å². The van der Waals surface area contributed by atoms with Gasteiger partial charge in [0.15, 0.2) is 11.5 Å². The Morgan fingerprint density at radius 2 is 2.07 bits per heavy atom. The number of aryl methyl sites for hydroxylation is 1. The van der Waals surface area contributed by atoms with Crippen molar-refractivity contribution in [2.24, 2.45) is 0 Å². The Labute approximate surface area is 163 Å². The van der Waals surface area contributed by atoms with Gasteiger partial charge in [-0.2, -0.15) is 9.47 Å². The molecular formula is C18H15N9S. The van der Waals surface area contributed by atoms with Crippen LogP contribution in [0.15, 0.2) is 49.3 Å². The summed E-state index contributed by atoms with van der Waals surface area (Å²) < 4.78 is 6.50. The van der Waals surface area contributed by atoms with Crippen LogP contribution in [0.25, 0.3) is 16.9 Å². The molecule has 0 saturated carbocycles. The molecule has 5 rings (SSSR count). The molecule has 0 saturated heterocycles. The first kappa shape index (κ1) is 16.5. The summed E-state index contributed by atoms with van der Waals surface area (Å²) in [6.07, 6.45) is 11.4. The fourth-order valence-electron chi connectivity index (χ4n) is 2.95. The van der Waals surface area contributed by atoms with Gasteiger partial charge in [0.2, 0.25) is 0 Å². The Morgan fingerprint density at radius 3 is 2.89 bits per heavy atom. The van der Waals surface area contributed by atoms with Crippen LogP contribution in [-0.4, -0.2) is 38.9 Å². The Kier molecular flexibility index (Phi) is 4.02. The van der Waals surface area contributed by atoms with Crippen molar-refractivity contribution in [3.05, 3.63) is 66.5 Å². The SMILES string of the molecule is Cc1cn2c(-c3cn[nH]c3)cnc2c(Nc2cc(Cc3ncccn3)ns2)n1. The molecule has 28 heavy (non-hydrogen) atoms. The lowest BCUT2D eigenvalue weighted by molar-refractivity contribution is 0.951.